The molecule has 0 saturated heterocycles. The summed E-state index contributed by atoms with van der Waals surface area (Å²) in [5, 5.41) is 3.87. The fourth-order valence-electron chi connectivity index (χ4n) is 2.22. The van der Waals surface area contributed by atoms with Crippen molar-refractivity contribution < 1.29 is 34.8 Å². The molecule has 0 spiro atoms. The lowest BCUT2D eigenvalue weighted by atomic mass is 10.0. The highest BCUT2D eigenvalue weighted by Crippen LogP contribution is 2.26. The van der Waals surface area contributed by atoms with E-state index in [4.69, 9.17) is 17.9 Å². The zero-order valence-electron chi connectivity index (χ0n) is 13.9. The normalized spacial score (nSPS) is 24.4. The smallest absolute Gasteiger partial charge is 0.265 e. The second-order valence-electron chi connectivity index (χ2n) is 5.26. The summed E-state index contributed by atoms with van der Waals surface area (Å²) in [5.41, 5.74) is 0.573. The first-order chi connectivity index (χ1) is 11.6. The zero-order valence-corrected chi connectivity index (χ0v) is 15.5. The lowest BCUT2D eigenvalue weighted by molar-refractivity contribution is -0.204. The van der Waals surface area contributed by atoms with E-state index in [-0.39, 0.29) is 12.3 Å². The average Bonchev–Trinajstić information content (AvgIpc) is 2.49. The third-order valence-electron chi connectivity index (χ3n) is 3.06. The van der Waals surface area contributed by atoms with Crippen molar-refractivity contribution >= 4 is 25.9 Å². The topological polar surface area (TPSA) is 118 Å². The predicted molar refractivity (Wildman–Crippen MR) is 88.9 cm³/mol. The minimum absolute atomic E-state index is 0.0793. The van der Waals surface area contributed by atoms with Crippen LogP contribution in [0.2, 0.25) is 0 Å². The molecule has 1 heterocycles. The lowest BCUT2D eigenvalue weighted by Gasteiger charge is -2.34. The molecule has 2 rings (SSSR count). The van der Waals surface area contributed by atoms with Gasteiger partial charge in [-0.2, -0.15) is 16.8 Å². The van der Waals surface area contributed by atoms with Crippen LogP contribution in [0.4, 0.5) is 0 Å². The summed E-state index contributed by atoms with van der Waals surface area (Å²) < 4.78 is 62.0. The van der Waals surface area contributed by atoms with Crippen molar-refractivity contribution in [2.24, 2.45) is 5.16 Å². The highest BCUT2D eigenvalue weighted by atomic mass is 32.2. The molecule has 1 aliphatic heterocycles. The molecule has 9 nitrogen and oxygen atoms in total. The van der Waals surface area contributed by atoms with Crippen LogP contribution in [0.3, 0.4) is 0 Å². The molecule has 3 atom stereocenters. The molecule has 11 heteroatoms. The molecule has 0 radical (unpaired) electrons. The van der Waals surface area contributed by atoms with Crippen molar-refractivity contribution in [2.45, 2.75) is 25.4 Å². The monoisotopic (exact) mass is 393 g/mol. The standard InChI is InChI=1S/C14H19NO8S2/c1-4-20-14-13(23-25(3,18)19)12(22-24(2,16)17)11(15-21-14)10-8-6-5-7-9-10/h5-9,12-14H,4H2,1-3H3/t12-,13-,14-/m0/s1. The first-order valence-electron chi connectivity index (χ1n) is 7.28. The summed E-state index contributed by atoms with van der Waals surface area (Å²) in [5.74, 6) is 0. The van der Waals surface area contributed by atoms with Crippen molar-refractivity contribution in [1.29, 1.82) is 0 Å². The molecule has 0 bridgehead atoms. The van der Waals surface area contributed by atoms with E-state index in [1.54, 1.807) is 37.3 Å². The highest BCUT2D eigenvalue weighted by molar-refractivity contribution is 7.86. The van der Waals surface area contributed by atoms with Gasteiger partial charge in [-0.1, -0.05) is 35.5 Å². The van der Waals surface area contributed by atoms with E-state index in [1.165, 1.54) is 0 Å². The molecule has 0 fully saturated rings. The molecule has 0 N–H and O–H groups in total. The van der Waals surface area contributed by atoms with E-state index in [1.807, 2.05) is 0 Å². The van der Waals surface area contributed by atoms with Gasteiger partial charge in [0.05, 0.1) is 12.5 Å². The molecular formula is C14H19NO8S2. The van der Waals surface area contributed by atoms with Gasteiger partial charge in [0.1, 0.15) is 5.71 Å². The van der Waals surface area contributed by atoms with E-state index < -0.39 is 38.7 Å². The maximum absolute atomic E-state index is 11.7. The fourth-order valence-corrected chi connectivity index (χ4v) is 3.39. The van der Waals surface area contributed by atoms with Crippen LogP contribution in [0, 0.1) is 0 Å². The first kappa shape index (κ1) is 19.8. The molecular weight excluding hydrogens is 374 g/mol. The van der Waals surface area contributed by atoms with Gasteiger partial charge in [-0.3, -0.25) is 8.37 Å². The number of hydrogen-bond donors (Lipinski definition) is 0. The van der Waals surface area contributed by atoms with Gasteiger partial charge >= 0.3 is 0 Å². The number of ether oxygens (including phenoxy) is 1. The fraction of sp³-hybridized carbons (Fsp3) is 0.500. The van der Waals surface area contributed by atoms with Crippen molar-refractivity contribution in [3.05, 3.63) is 35.9 Å². The van der Waals surface area contributed by atoms with Gasteiger partial charge in [-0.25, -0.2) is 0 Å². The Morgan fingerprint density at radius 2 is 1.64 bits per heavy atom. The molecule has 0 saturated carbocycles. The van der Waals surface area contributed by atoms with Crippen LogP contribution < -0.4 is 0 Å². The average molecular weight is 393 g/mol. The van der Waals surface area contributed by atoms with Crippen molar-refractivity contribution in [2.75, 3.05) is 19.1 Å². The molecule has 1 aromatic rings. The van der Waals surface area contributed by atoms with Gasteiger partial charge in [0.2, 0.25) is 0 Å². The molecule has 1 aliphatic rings. The second-order valence-corrected chi connectivity index (χ2v) is 8.46. The van der Waals surface area contributed by atoms with Gasteiger partial charge in [0, 0.05) is 12.2 Å². The summed E-state index contributed by atoms with van der Waals surface area (Å²) in [6.07, 6.45) is -2.33. The van der Waals surface area contributed by atoms with Crippen LogP contribution in [0.25, 0.3) is 0 Å². The van der Waals surface area contributed by atoms with Crippen molar-refractivity contribution in [3.8, 4) is 0 Å². The van der Waals surface area contributed by atoms with Gasteiger partial charge in [0.15, 0.2) is 12.2 Å². The van der Waals surface area contributed by atoms with E-state index in [0.717, 1.165) is 12.5 Å². The van der Waals surface area contributed by atoms with Gasteiger partial charge < -0.3 is 9.57 Å². The SMILES string of the molecule is CCO[C@H]1ON=C(c2ccccc2)[C@H](OS(C)(=O)=O)[C@@H]1OS(C)(=O)=O. The Balaban J connectivity index is 2.51. The number of nitrogens with zero attached hydrogens (tertiary/aromatic N) is 1. The molecule has 0 aliphatic carbocycles. The lowest BCUT2D eigenvalue weighted by Crippen LogP contribution is -2.52. The Morgan fingerprint density at radius 1 is 1.04 bits per heavy atom. The molecule has 140 valence electrons. The molecule has 1 aromatic carbocycles. The first-order valence-corrected chi connectivity index (χ1v) is 10.9. The molecule has 25 heavy (non-hydrogen) atoms. The Bertz CT molecular complexity index is 820. The largest absolute Gasteiger partial charge is 0.360 e. The van der Waals surface area contributed by atoms with Crippen LogP contribution >= 0.6 is 0 Å². The van der Waals surface area contributed by atoms with Crippen LogP contribution in [-0.2, 0) is 38.2 Å². The van der Waals surface area contributed by atoms with Crippen molar-refractivity contribution in [3.63, 3.8) is 0 Å². The quantitative estimate of drug-likeness (QED) is 0.614. The molecule has 0 aromatic heterocycles. The van der Waals surface area contributed by atoms with Crippen LogP contribution in [0.15, 0.2) is 35.5 Å². The van der Waals surface area contributed by atoms with Gasteiger partial charge in [-0.15, -0.1) is 0 Å². The van der Waals surface area contributed by atoms with Gasteiger partial charge in [0.25, 0.3) is 26.5 Å². The maximum atomic E-state index is 11.7. The van der Waals surface area contributed by atoms with E-state index in [0.29, 0.717) is 5.56 Å². The summed E-state index contributed by atoms with van der Waals surface area (Å²) in [6.45, 7) is 1.82. The van der Waals surface area contributed by atoms with E-state index in [2.05, 4.69) is 5.16 Å². The predicted octanol–water partition coefficient (Wildman–Crippen LogP) is 0.473. The minimum Gasteiger partial charge on any atom is -0.360 e. The number of rotatable bonds is 7. The summed E-state index contributed by atoms with van der Waals surface area (Å²) >= 11 is 0. The second kappa shape index (κ2) is 7.79. The van der Waals surface area contributed by atoms with Crippen LogP contribution in [0.5, 0.6) is 0 Å². The van der Waals surface area contributed by atoms with Gasteiger partial charge in [-0.05, 0) is 6.92 Å². The van der Waals surface area contributed by atoms with E-state index >= 15 is 0 Å². The maximum Gasteiger partial charge on any atom is 0.265 e. The molecule has 0 unspecified atom stereocenters. The minimum atomic E-state index is -3.96. The van der Waals surface area contributed by atoms with Crippen LogP contribution in [0.1, 0.15) is 12.5 Å². The number of hydrogen-bond acceptors (Lipinski definition) is 9. The highest BCUT2D eigenvalue weighted by Gasteiger charge is 2.45. The zero-order chi connectivity index (χ0) is 18.7. The third-order valence-corrected chi connectivity index (χ3v) is 4.18. The Kier molecular flexibility index (Phi) is 6.16. The number of benzene rings is 1. The van der Waals surface area contributed by atoms with Crippen molar-refractivity contribution in [1.82, 2.24) is 0 Å². The molecule has 0 amide bonds. The summed E-state index contributed by atoms with van der Waals surface area (Å²) in [4.78, 5) is 5.19. The Morgan fingerprint density at radius 3 is 2.16 bits per heavy atom. The summed E-state index contributed by atoms with van der Waals surface area (Å²) in [6, 6.07) is 8.47. The third kappa shape index (κ3) is 5.75. The Hall–Kier alpha value is -1.53. The Labute approximate surface area is 146 Å². The number of oxime groups is 1. The van der Waals surface area contributed by atoms with E-state index in [9.17, 15) is 16.8 Å². The summed E-state index contributed by atoms with van der Waals surface area (Å²) in [7, 11) is -7.92. The van der Waals surface area contributed by atoms with Crippen LogP contribution in [-0.4, -0.2) is 60.2 Å².